The van der Waals surface area contributed by atoms with Crippen molar-refractivity contribution in [3.8, 4) is 0 Å². The third-order valence-electron chi connectivity index (χ3n) is 5.86. The van der Waals surface area contributed by atoms with Crippen molar-refractivity contribution in [3.63, 3.8) is 0 Å². The highest BCUT2D eigenvalue weighted by molar-refractivity contribution is 6.18. The van der Waals surface area contributed by atoms with E-state index in [0.29, 0.717) is 0 Å². The summed E-state index contributed by atoms with van der Waals surface area (Å²) in [7, 11) is 0. The van der Waals surface area contributed by atoms with E-state index in [9.17, 15) is 0 Å². The van der Waals surface area contributed by atoms with E-state index in [1.54, 1.807) is 0 Å². The van der Waals surface area contributed by atoms with E-state index in [1.165, 1.54) is 32.7 Å². The number of imidazole rings is 1. The molecular weight excluding hydrogens is 342 g/mol. The monoisotopic (exact) mass is 357 g/mol. The first kappa shape index (κ1) is 14.2. The molecule has 0 bridgehead atoms. The predicted molar refractivity (Wildman–Crippen MR) is 116 cm³/mol. The van der Waals surface area contributed by atoms with E-state index >= 15 is 0 Å². The Hall–Kier alpha value is -3.85. The van der Waals surface area contributed by atoms with Crippen LogP contribution in [0.2, 0.25) is 0 Å². The lowest BCUT2D eigenvalue weighted by atomic mass is 10.1. The maximum atomic E-state index is 5.06. The van der Waals surface area contributed by atoms with Crippen molar-refractivity contribution in [2.24, 2.45) is 0 Å². The van der Waals surface area contributed by atoms with Gasteiger partial charge in [0, 0.05) is 16.2 Å². The van der Waals surface area contributed by atoms with Crippen molar-refractivity contribution >= 4 is 54.9 Å². The summed E-state index contributed by atoms with van der Waals surface area (Å²) in [5, 5.41) is 3.71. The third kappa shape index (κ3) is 1.58. The number of para-hydroxylation sites is 6. The third-order valence-corrected chi connectivity index (χ3v) is 5.86. The van der Waals surface area contributed by atoms with Crippen LogP contribution in [0.5, 0.6) is 0 Å². The van der Waals surface area contributed by atoms with Crippen LogP contribution in [0.25, 0.3) is 54.9 Å². The van der Waals surface area contributed by atoms with Gasteiger partial charge in [-0.25, -0.2) is 4.98 Å². The Labute approximate surface area is 160 Å². The van der Waals surface area contributed by atoms with Gasteiger partial charge in [-0.05, 0) is 36.4 Å². The number of benzene rings is 4. The molecule has 4 aromatic carbocycles. The van der Waals surface area contributed by atoms with E-state index in [1.807, 2.05) is 0 Å². The minimum Gasteiger partial charge on any atom is -0.306 e. The van der Waals surface area contributed by atoms with E-state index in [4.69, 9.17) is 4.98 Å². The van der Waals surface area contributed by atoms with Crippen molar-refractivity contribution < 1.29 is 0 Å². The average molecular weight is 357 g/mol. The topological polar surface area (TPSA) is 21.7 Å². The van der Waals surface area contributed by atoms with Crippen LogP contribution < -0.4 is 0 Å². The standard InChI is InChI=1S/C25H15N3/c1-3-12-20-16(8-1)17-9-7-10-18-24(17)27(20)22-14-5-6-15-23(22)28-21-13-4-2-11-19(21)26-25(18)28/h1-15H. The normalized spacial score (nSPS) is 12.3. The van der Waals surface area contributed by atoms with Gasteiger partial charge in [0.05, 0.1) is 33.1 Å². The van der Waals surface area contributed by atoms with Gasteiger partial charge in [0.25, 0.3) is 0 Å². The van der Waals surface area contributed by atoms with E-state index in [0.717, 1.165) is 22.2 Å². The maximum absolute atomic E-state index is 5.06. The molecule has 3 nitrogen and oxygen atoms in total. The van der Waals surface area contributed by atoms with Crippen molar-refractivity contribution in [1.82, 2.24) is 13.8 Å². The minimum absolute atomic E-state index is 1.00. The second-order valence-corrected chi connectivity index (χ2v) is 7.30. The van der Waals surface area contributed by atoms with Gasteiger partial charge in [-0.3, -0.25) is 4.40 Å². The van der Waals surface area contributed by atoms with Crippen molar-refractivity contribution in [1.29, 1.82) is 0 Å². The van der Waals surface area contributed by atoms with Crippen molar-refractivity contribution in [3.05, 3.63) is 91.0 Å². The second-order valence-electron chi connectivity index (χ2n) is 7.30. The van der Waals surface area contributed by atoms with E-state index < -0.39 is 0 Å². The largest absolute Gasteiger partial charge is 0.306 e. The van der Waals surface area contributed by atoms with Gasteiger partial charge in [0.1, 0.15) is 5.65 Å². The van der Waals surface area contributed by atoms with Crippen molar-refractivity contribution in [2.45, 2.75) is 0 Å². The first-order valence-corrected chi connectivity index (χ1v) is 9.51. The number of rotatable bonds is 0. The zero-order chi connectivity index (χ0) is 18.2. The molecule has 0 spiro atoms. The number of aromatic nitrogens is 3. The second kappa shape index (κ2) is 4.90. The summed E-state index contributed by atoms with van der Waals surface area (Å²) < 4.78 is 4.71. The van der Waals surface area contributed by atoms with Gasteiger partial charge >= 0.3 is 0 Å². The van der Waals surface area contributed by atoms with Crippen LogP contribution in [-0.2, 0) is 0 Å². The van der Waals surface area contributed by atoms with Crippen LogP contribution in [0.15, 0.2) is 91.0 Å². The highest BCUT2D eigenvalue weighted by atomic mass is 15.0. The molecule has 3 heteroatoms. The summed E-state index contributed by atoms with van der Waals surface area (Å²) in [6.45, 7) is 0. The molecule has 0 saturated carbocycles. The molecule has 0 saturated heterocycles. The summed E-state index contributed by atoms with van der Waals surface area (Å²) >= 11 is 0. The molecule has 0 N–H and O–H groups in total. The quantitative estimate of drug-likeness (QED) is 0.317. The maximum Gasteiger partial charge on any atom is 0.147 e. The number of hydrogen-bond donors (Lipinski definition) is 0. The molecule has 0 fully saturated rings. The lowest BCUT2D eigenvalue weighted by Crippen LogP contribution is -1.87. The van der Waals surface area contributed by atoms with Gasteiger partial charge in [0.15, 0.2) is 0 Å². The summed E-state index contributed by atoms with van der Waals surface area (Å²) in [6.07, 6.45) is 0. The molecule has 0 aliphatic rings. The highest BCUT2D eigenvalue weighted by Gasteiger charge is 2.17. The van der Waals surface area contributed by atoms with Crippen molar-refractivity contribution in [2.75, 3.05) is 0 Å². The average Bonchev–Trinajstić information content (AvgIpc) is 3.26. The zero-order valence-corrected chi connectivity index (χ0v) is 15.0. The van der Waals surface area contributed by atoms with Crippen LogP contribution in [0, 0.1) is 0 Å². The predicted octanol–water partition coefficient (Wildman–Crippen LogP) is 6.20. The highest BCUT2D eigenvalue weighted by Crippen LogP contribution is 2.36. The summed E-state index contributed by atoms with van der Waals surface area (Å²) in [5.74, 6) is 0. The molecule has 0 atom stereocenters. The first-order chi connectivity index (χ1) is 13.9. The first-order valence-electron chi connectivity index (χ1n) is 9.51. The number of nitrogens with zero attached hydrogens (tertiary/aromatic N) is 3. The van der Waals surface area contributed by atoms with Crippen LogP contribution in [0.3, 0.4) is 0 Å². The zero-order valence-electron chi connectivity index (χ0n) is 15.0. The van der Waals surface area contributed by atoms with Gasteiger partial charge in [0.2, 0.25) is 0 Å². The smallest absolute Gasteiger partial charge is 0.147 e. The molecule has 3 aromatic heterocycles. The Morgan fingerprint density at radius 2 is 1.07 bits per heavy atom. The molecule has 0 aliphatic carbocycles. The molecule has 7 rings (SSSR count). The number of hydrogen-bond acceptors (Lipinski definition) is 1. The summed E-state index contributed by atoms with van der Waals surface area (Å²) in [5.41, 5.74) is 7.96. The summed E-state index contributed by atoms with van der Waals surface area (Å²) in [4.78, 5) is 5.06. The summed E-state index contributed by atoms with van der Waals surface area (Å²) in [6, 6.07) is 32.2. The Morgan fingerprint density at radius 1 is 0.464 bits per heavy atom. The molecule has 130 valence electrons. The van der Waals surface area contributed by atoms with E-state index in [-0.39, 0.29) is 0 Å². The minimum atomic E-state index is 1.00. The Kier molecular flexibility index (Phi) is 2.49. The lowest BCUT2D eigenvalue weighted by Gasteiger charge is -2.01. The van der Waals surface area contributed by atoms with E-state index in [2.05, 4.69) is 99.8 Å². The molecule has 7 aromatic rings. The Balaban J connectivity index is 2.00. The Bertz CT molecular complexity index is 1720. The molecule has 0 unspecified atom stereocenters. The molecule has 28 heavy (non-hydrogen) atoms. The van der Waals surface area contributed by atoms with Crippen LogP contribution in [0.4, 0.5) is 0 Å². The molecule has 0 aliphatic heterocycles. The fraction of sp³-hybridized carbons (Fsp3) is 0. The molecule has 0 amide bonds. The Morgan fingerprint density at radius 3 is 1.93 bits per heavy atom. The number of fused-ring (bicyclic) bond motifs is 10. The van der Waals surface area contributed by atoms with Gasteiger partial charge < -0.3 is 4.40 Å². The van der Waals surface area contributed by atoms with Crippen LogP contribution in [-0.4, -0.2) is 13.8 Å². The molecule has 0 radical (unpaired) electrons. The lowest BCUT2D eigenvalue weighted by molar-refractivity contribution is 1.30. The van der Waals surface area contributed by atoms with Gasteiger partial charge in [-0.1, -0.05) is 54.6 Å². The van der Waals surface area contributed by atoms with Gasteiger partial charge in [-0.15, -0.1) is 0 Å². The van der Waals surface area contributed by atoms with Crippen LogP contribution in [0.1, 0.15) is 0 Å². The fourth-order valence-electron chi connectivity index (χ4n) is 4.74. The van der Waals surface area contributed by atoms with Crippen LogP contribution >= 0.6 is 0 Å². The van der Waals surface area contributed by atoms with Gasteiger partial charge in [-0.2, -0.15) is 0 Å². The SMILES string of the molecule is c1ccc2c(c1)nc1c3cccc4c5ccccc5n(c5ccccc5n21)c43. The molecular formula is C25H15N3. The fourth-order valence-corrected chi connectivity index (χ4v) is 4.74. The molecule has 3 heterocycles.